The molecule has 102 valence electrons. The van der Waals surface area contributed by atoms with E-state index < -0.39 is 11.2 Å². The standard InChI is InChI=1S/C12H17N5O2/c1-8(2)7-10-13-9(15-16-10)3-5-17-6-4-11(18)14-12(17)19/h4,6,8H,3,5,7H2,1-2H3,(H,13,15,16)(H,14,18,19). The molecular weight excluding hydrogens is 246 g/mol. The van der Waals surface area contributed by atoms with E-state index in [0.717, 1.165) is 12.2 Å². The van der Waals surface area contributed by atoms with Crippen LogP contribution in [0.15, 0.2) is 21.9 Å². The lowest BCUT2D eigenvalue weighted by Gasteiger charge is -2.01. The highest BCUT2D eigenvalue weighted by Gasteiger charge is 2.06. The number of nitrogens with zero attached hydrogens (tertiary/aromatic N) is 3. The number of nitrogens with one attached hydrogen (secondary N) is 2. The first kappa shape index (κ1) is 13.3. The first-order valence-corrected chi connectivity index (χ1v) is 6.24. The maximum absolute atomic E-state index is 11.5. The van der Waals surface area contributed by atoms with Gasteiger partial charge in [0.15, 0.2) is 5.82 Å². The summed E-state index contributed by atoms with van der Waals surface area (Å²) in [6, 6.07) is 1.32. The van der Waals surface area contributed by atoms with Gasteiger partial charge in [-0.25, -0.2) is 9.78 Å². The van der Waals surface area contributed by atoms with Gasteiger partial charge < -0.3 is 4.57 Å². The van der Waals surface area contributed by atoms with Crippen LogP contribution in [0.25, 0.3) is 0 Å². The van der Waals surface area contributed by atoms with E-state index in [2.05, 4.69) is 34.0 Å². The monoisotopic (exact) mass is 263 g/mol. The van der Waals surface area contributed by atoms with Gasteiger partial charge in [-0.15, -0.1) is 0 Å². The molecule has 0 bridgehead atoms. The summed E-state index contributed by atoms with van der Waals surface area (Å²) < 4.78 is 1.43. The van der Waals surface area contributed by atoms with Gasteiger partial charge in [-0.3, -0.25) is 14.9 Å². The number of aromatic nitrogens is 5. The van der Waals surface area contributed by atoms with Gasteiger partial charge in [0.2, 0.25) is 0 Å². The van der Waals surface area contributed by atoms with Crippen LogP contribution < -0.4 is 11.2 Å². The van der Waals surface area contributed by atoms with Crippen molar-refractivity contribution in [1.82, 2.24) is 24.7 Å². The molecule has 0 fully saturated rings. The lowest BCUT2D eigenvalue weighted by atomic mass is 10.1. The highest BCUT2D eigenvalue weighted by molar-refractivity contribution is 4.92. The Morgan fingerprint density at radius 1 is 1.37 bits per heavy atom. The Balaban J connectivity index is 2.00. The molecule has 0 aliphatic rings. The van der Waals surface area contributed by atoms with Gasteiger partial charge in [-0.05, 0) is 5.92 Å². The summed E-state index contributed by atoms with van der Waals surface area (Å²) in [6.45, 7) is 4.67. The molecule has 0 saturated heterocycles. The molecule has 0 amide bonds. The lowest BCUT2D eigenvalue weighted by molar-refractivity contribution is 0.618. The molecule has 2 rings (SSSR count). The van der Waals surface area contributed by atoms with E-state index in [-0.39, 0.29) is 0 Å². The van der Waals surface area contributed by atoms with E-state index in [1.165, 1.54) is 16.8 Å². The third kappa shape index (κ3) is 3.64. The lowest BCUT2D eigenvalue weighted by Crippen LogP contribution is -2.29. The number of aromatic amines is 2. The van der Waals surface area contributed by atoms with Gasteiger partial charge in [-0.2, -0.15) is 5.10 Å². The van der Waals surface area contributed by atoms with Crippen LogP contribution in [0, 0.1) is 5.92 Å². The topological polar surface area (TPSA) is 96.4 Å². The van der Waals surface area contributed by atoms with Crippen molar-refractivity contribution in [2.45, 2.75) is 33.2 Å². The molecular formula is C12H17N5O2. The zero-order chi connectivity index (χ0) is 13.8. The molecule has 0 saturated carbocycles. The average Bonchev–Trinajstić information content (AvgIpc) is 2.74. The Bertz CT molecular complexity index is 652. The number of aryl methyl sites for hydroxylation is 2. The number of H-pyrrole nitrogens is 2. The first-order chi connectivity index (χ1) is 9.04. The molecule has 0 aromatic carbocycles. The second kappa shape index (κ2) is 5.64. The van der Waals surface area contributed by atoms with Crippen LogP contribution in [0.3, 0.4) is 0 Å². The summed E-state index contributed by atoms with van der Waals surface area (Å²) in [4.78, 5) is 29.0. The van der Waals surface area contributed by atoms with Crippen molar-refractivity contribution in [3.63, 3.8) is 0 Å². The number of hydrogen-bond acceptors (Lipinski definition) is 4. The van der Waals surface area contributed by atoms with Gasteiger partial charge in [0, 0.05) is 31.6 Å². The van der Waals surface area contributed by atoms with Crippen LogP contribution in [0.1, 0.15) is 25.5 Å². The molecule has 0 radical (unpaired) electrons. The smallest absolute Gasteiger partial charge is 0.300 e. The van der Waals surface area contributed by atoms with E-state index in [1.807, 2.05) is 0 Å². The summed E-state index contributed by atoms with van der Waals surface area (Å²) in [5, 5.41) is 7.00. The number of rotatable bonds is 5. The quantitative estimate of drug-likeness (QED) is 0.799. The molecule has 0 atom stereocenters. The van der Waals surface area contributed by atoms with Crippen LogP contribution >= 0.6 is 0 Å². The van der Waals surface area contributed by atoms with Gasteiger partial charge >= 0.3 is 5.69 Å². The van der Waals surface area contributed by atoms with Crippen molar-refractivity contribution >= 4 is 0 Å². The minimum Gasteiger partial charge on any atom is -0.300 e. The van der Waals surface area contributed by atoms with E-state index in [4.69, 9.17) is 0 Å². The van der Waals surface area contributed by atoms with Crippen molar-refractivity contribution in [1.29, 1.82) is 0 Å². The zero-order valence-corrected chi connectivity index (χ0v) is 11.0. The van der Waals surface area contributed by atoms with Crippen LogP contribution in [0.5, 0.6) is 0 Å². The van der Waals surface area contributed by atoms with Crippen molar-refractivity contribution < 1.29 is 0 Å². The van der Waals surface area contributed by atoms with Crippen molar-refractivity contribution in [2.24, 2.45) is 5.92 Å². The molecule has 0 unspecified atom stereocenters. The maximum Gasteiger partial charge on any atom is 0.328 e. The Labute approximate surface area is 109 Å². The fourth-order valence-corrected chi connectivity index (χ4v) is 1.77. The largest absolute Gasteiger partial charge is 0.328 e. The predicted octanol–water partition coefficient (Wildman–Crippen LogP) is 0.0959. The van der Waals surface area contributed by atoms with Crippen molar-refractivity contribution in [3.05, 3.63) is 44.8 Å². The molecule has 0 aliphatic heterocycles. The minimum atomic E-state index is -0.412. The molecule has 2 N–H and O–H groups in total. The Kier molecular flexibility index (Phi) is 3.94. The van der Waals surface area contributed by atoms with E-state index >= 15 is 0 Å². The summed E-state index contributed by atoms with van der Waals surface area (Å²) in [7, 11) is 0. The molecule has 2 aromatic heterocycles. The molecule has 7 nitrogen and oxygen atoms in total. The van der Waals surface area contributed by atoms with Crippen LogP contribution in [-0.2, 0) is 19.4 Å². The van der Waals surface area contributed by atoms with E-state index in [0.29, 0.717) is 24.7 Å². The predicted molar refractivity (Wildman–Crippen MR) is 70.0 cm³/mol. The highest BCUT2D eigenvalue weighted by atomic mass is 16.2. The Morgan fingerprint density at radius 2 is 2.16 bits per heavy atom. The van der Waals surface area contributed by atoms with E-state index in [9.17, 15) is 9.59 Å². The summed E-state index contributed by atoms with van der Waals surface area (Å²) >= 11 is 0. The normalized spacial score (nSPS) is 11.1. The average molecular weight is 263 g/mol. The summed E-state index contributed by atoms with van der Waals surface area (Å²) in [6.07, 6.45) is 2.87. The van der Waals surface area contributed by atoms with E-state index in [1.54, 1.807) is 0 Å². The van der Waals surface area contributed by atoms with Gasteiger partial charge in [0.05, 0.1) is 0 Å². The third-order valence-corrected chi connectivity index (χ3v) is 2.65. The van der Waals surface area contributed by atoms with Crippen LogP contribution in [-0.4, -0.2) is 24.7 Å². The van der Waals surface area contributed by atoms with Crippen LogP contribution in [0.4, 0.5) is 0 Å². The van der Waals surface area contributed by atoms with Gasteiger partial charge in [-0.1, -0.05) is 13.8 Å². The molecule has 2 aromatic rings. The molecule has 0 spiro atoms. The fraction of sp³-hybridized carbons (Fsp3) is 0.500. The van der Waals surface area contributed by atoms with Crippen molar-refractivity contribution in [2.75, 3.05) is 0 Å². The molecule has 19 heavy (non-hydrogen) atoms. The second-order valence-corrected chi connectivity index (χ2v) is 4.85. The third-order valence-electron chi connectivity index (χ3n) is 2.65. The highest BCUT2D eigenvalue weighted by Crippen LogP contribution is 2.03. The molecule has 0 aliphatic carbocycles. The Hall–Kier alpha value is -2.18. The molecule has 7 heteroatoms. The van der Waals surface area contributed by atoms with Crippen LogP contribution in [0.2, 0.25) is 0 Å². The Morgan fingerprint density at radius 3 is 2.84 bits per heavy atom. The SMILES string of the molecule is CC(C)Cc1nc(CCn2ccc(=O)[nH]c2=O)n[nH]1. The van der Waals surface area contributed by atoms with Crippen molar-refractivity contribution in [3.8, 4) is 0 Å². The maximum atomic E-state index is 11.5. The summed E-state index contributed by atoms with van der Waals surface area (Å²) in [5.41, 5.74) is -0.802. The summed E-state index contributed by atoms with van der Waals surface area (Å²) in [5.74, 6) is 2.05. The molecule has 2 heterocycles. The number of hydrogen-bond donors (Lipinski definition) is 2. The van der Waals surface area contributed by atoms with Gasteiger partial charge in [0.25, 0.3) is 5.56 Å². The zero-order valence-electron chi connectivity index (χ0n) is 11.0. The second-order valence-electron chi connectivity index (χ2n) is 4.85. The first-order valence-electron chi connectivity index (χ1n) is 6.24. The van der Waals surface area contributed by atoms with Gasteiger partial charge in [0.1, 0.15) is 5.82 Å². The fourth-order valence-electron chi connectivity index (χ4n) is 1.77. The minimum absolute atomic E-state index is 0.390.